The normalized spacial score (nSPS) is 14.5. The summed E-state index contributed by atoms with van der Waals surface area (Å²) in [7, 11) is 0. The predicted octanol–water partition coefficient (Wildman–Crippen LogP) is 3.66. The Balaban J connectivity index is 1.72. The lowest BCUT2D eigenvalue weighted by Gasteiger charge is -2.17. The molecule has 0 saturated heterocycles. The monoisotopic (exact) mass is 379 g/mol. The van der Waals surface area contributed by atoms with E-state index in [1.165, 1.54) is 0 Å². The highest BCUT2D eigenvalue weighted by Gasteiger charge is 2.23. The molecular weight excluding hydrogens is 362 g/mol. The van der Waals surface area contributed by atoms with E-state index in [4.69, 9.17) is 14.6 Å². The second kappa shape index (κ2) is 7.63. The molecule has 7 nitrogen and oxygen atoms in total. The number of aromatic nitrogens is 4. The Morgan fingerprint density at radius 1 is 1.37 bits per heavy atom. The fourth-order valence-corrected chi connectivity index (χ4v) is 3.66. The molecule has 0 N–H and O–H groups in total. The van der Waals surface area contributed by atoms with Gasteiger partial charge in [-0.3, -0.25) is 4.98 Å². The molecule has 0 aliphatic carbocycles. The molecule has 4 rings (SSSR count). The molecule has 0 amide bonds. The largest absolute Gasteiger partial charge is 0.476 e. The van der Waals surface area contributed by atoms with Gasteiger partial charge >= 0.3 is 0 Å². The molecule has 1 aliphatic heterocycles. The van der Waals surface area contributed by atoms with Gasteiger partial charge < -0.3 is 9.57 Å². The number of fused-ring (bicyclic) bond motifs is 1. The zero-order valence-corrected chi connectivity index (χ0v) is 15.6. The van der Waals surface area contributed by atoms with Crippen LogP contribution in [-0.4, -0.2) is 38.9 Å². The van der Waals surface area contributed by atoms with Gasteiger partial charge in [-0.05, 0) is 19.1 Å². The Labute approximate surface area is 160 Å². The molecule has 0 fully saturated rings. The summed E-state index contributed by atoms with van der Waals surface area (Å²) in [6.45, 7) is 6.43. The molecule has 0 spiro atoms. The maximum atomic E-state index is 5.60. The number of oxime groups is 1. The summed E-state index contributed by atoms with van der Waals surface area (Å²) in [6.07, 6.45) is 7.52. The van der Waals surface area contributed by atoms with E-state index in [0.717, 1.165) is 32.5 Å². The van der Waals surface area contributed by atoms with Crippen molar-refractivity contribution in [1.29, 1.82) is 0 Å². The van der Waals surface area contributed by atoms with E-state index in [0.29, 0.717) is 31.2 Å². The van der Waals surface area contributed by atoms with Crippen molar-refractivity contribution in [3.05, 3.63) is 54.8 Å². The van der Waals surface area contributed by atoms with Crippen molar-refractivity contribution in [1.82, 2.24) is 19.9 Å². The summed E-state index contributed by atoms with van der Waals surface area (Å²) in [4.78, 5) is 24.2. The van der Waals surface area contributed by atoms with Gasteiger partial charge in [-0.25, -0.2) is 15.0 Å². The van der Waals surface area contributed by atoms with Crippen LogP contribution in [0.3, 0.4) is 0 Å². The van der Waals surface area contributed by atoms with E-state index in [1.54, 1.807) is 36.0 Å². The Kier molecular flexibility index (Phi) is 4.88. The Bertz CT molecular complexity index is 1000. The van der Waals surface area contributed by atoms with Crippen molar-refractivity contribution >= 4 is 17.0 Å². The first-order valence-electron chi connectivity index (χ1n) is 8.44. The van der Waals surface area contributed by atoms with Crippen LogP contribution in [0.5, 0.6) is 5.88 Å². The number of hydrogen-bond donors (Lipinski definition) is 0. The van der Waals surface area contributed by atoms with Crippen LogP contribution in [0, 0.1) is 6.92 Å². The van der Waals surface area contributed by atoms with E-state index in [2.05, 4.69) is 26.7 Å². The SMILES string of the molecule is C=CCO/N=C1\CCOc2ncc(-c3sc(-c4cccnc4)nc3C)nc21. The van der Waals surface area contributed by atoms with Crippen molar-refractivity contribution in [2.45, 2.75) is 13.3 Å². The van der Waals surface area contributed by atoms with Crippen molar-refractivity contribution in [3.63, 3.8) is 0 Å². The van der Waals surface area contributed by atoms with Crippen LogP contribution >= 0.6 is 11.3 Å². The van der Waals surface area contributed by atoms with Crippen LogP contribution < -0.4 is 4.74 Å². The summed E-state index contributed by atoms with van der Waals surface area (Å²) in [5.41, 5.74) is 3.94. The Morgan fingerprint density at radius 2 is 2.30 bits per heavy atom. The van der Waals surface area contributed by atoms with Gasteiger partial charge in [0.05, 0.1) is 23.4 Å². The summed E-state index contributed by atoms with van der Waals surface area (Å²) >= 11 is 1.56. The van der Waals surface area contributed by atoms with Crippen LogP contribution in [0.1, 0.15) is 17.8 Å². The molecule has 8 heteroatoms. The fraction of sp³-hybridized carbons (Fsp3) is 0.211. The molecule has 4 heterocycles. The fourth-order valence-electron chi connectivity index (χ4n) is 2.65. The van der Waals surface area contributed by atoms with E-state index in [1.807, 2.05) is 19.1 Å². The van der Waals surface area contributed by atoms with Gasteiger partial charge in [0, 0.05) is 24.4 Å². The Morgan fingerprint density at radius 3 is 3.11 bits per heavy atom. The van der Waals surface area contributed by atoms with Gasteiger partial charge in [0.1, 0.15) is 23.0 Å². The summed E-state index contributed by atoms with van der Waals surface area (Å²) in [5.74, 6) is 0.473. The van der Waals surface area contributed by atoms with Gasteiger partial charge in [-0.15, -0.1) is 11.3 Å². The third-order valence-electron chi connectivity index (χ3n) is 3.89. The average Bonchev–Trinajstić information content (AvgIpc) is 3.10. The maximum Gasteiger partial charge on any atom is 0.242 e. The number of pyridine rings is 1. The molecule has 0 aromatic carbocycles. The van der Waals surface area contributed by atoms with Crippen molar-refractivity contribution in [2.24, 2.45) is 5.16 Å². The van der Waals surface area contributed by atoms with Crippen molar-refractivity contribution in [2.75, 3.05) is 13.2 Å². The minimum atomic E-state index is 0.342. The molecule has 27 heavy (non-hydrogen) atoms. The molecule has 136 valence electrons. The molecule has 0 radical (unpaired) electrons. The number of nitrogens with zero attached hydrogens (tertiary/aromatic N) is 5. The number of hydrogen-bond acceptors (Lipinski definition) is 8. The zero-order chi connectivity index (χ0) is 18.6. The Hall–Kier alpha value is -3.13. The first-order valence-corrected chi connectivity index (χ1v) is 9.26. The number of thiazole rings is 1. The second-order valence-electron chi connectivity index (χ2n) is 5.81. The molecule has 0 bridgehead atoms. The smallest absolute Gasteiger partial charge is 0.242 e. The molecule has 0 atom stereocenters. The first-order chi connectivity index (χ1) is 13.3. The minimum absolute atomic E-state index is 0.342. The number of ether oxygens (including phenoxy) is 1. The predicted molar refractivity (Wildman–Crippen MR) is 104 cm³/mol. The van der Waals surface area contributed by atoms with Gasteiger partial charge in [0.25, 0.3) is 0 Å². The average molecular weight is 379 g/mol. The molecule has 3 aromatic heterocycles. The van der Waals surface area contributed by atoms with E-state index >= 15 is 0 Å². The highest BCUT2D eigenvalue weighted by Crippen LogP contribution is 2.35. The van der Waals surface area contributed by atoms with Gasteiger partial charge in [0.2, 0.25) is 5.88 Å². The third-order valence-corrected chi connectivity index (χ3v) is 5.12. The quantitative estimate of drug-likeness (QED) is 0.382. The third kappa shape index (κ3) is 3.56. The number of aryl methyl sites for hydroxylation is 1. The summed E-state index contributed by atoms with van der Waals surface area (Å²) in [6, 6.07) is 3.89. The van der Waals surface area contributed by atoms with Crippen molar-refractivity contribution in [3.8, 4) is 27.0 Å². The first kappa shape index (κ1) is 17.3. The van der Waals surface area contributed by atoms with Gasteiger partial charge in [0.15, 0.2) is 5.69 Å². The van der Waals surface area contributed by atoms with Crippen LogP contribution in [0.15, 0.2) is 48.5 Å². The summed E-state index contributed by atoms with van der Waals surface area (Å²) < 4.78 is 5.60. The van der Waals surface area contributed by atoms with Gasteiger partial charge in [-0.1, -0.05) is 17.8 Å². The molecule has 0 saturated carbocycles. The minimum Gasteiger partial charge on any atom is -0.476 e. The lowest BCUT2D eigenvalue weighted by atomic mass is 10.1. The van der Waals surface area contributed by atoms with E-state index in [-0.39, 0.29) is 0 Å². The van der Waals surface area contributed by atoms with Crippen LogP contribution in [0.4, 0.5) is 0 Å². The van der Waals surface area contributed by atoms with Crippen LogP contribution in [0.2, 0.25) is 0 Å². The standard InChI is InChI=1S/C19H17N5O2S/c1-3-8-26-24-14-6-9-25-18-16(14)23-15(11-21-18)17-12(2)22-19(27-17)13-5-4-7-20-10-13/h3-5,7,10-11H,1,6,8-9H2,2H3/b24-14+. The van der Waals surface area contributed by atoms with Crippen LogP contribution in [0.25, 0.3) is 21.1 Å². The second-order valence-corrected chi connectivity index (χ2v) is 6.80. The van der Waals surface area contributed by atoms with Crippen molar-refractivity contribution < 1.29 is 9.57 Å². The highest BCUT2D eigenvalue weighted by molar-refractivity contribution is 7.18. The summed E-state index contributed by atoms with van der Waals surface area (Å²) in [5, 5.41) is 5.06. The zero-order valence-electron chi connectivity index (χ0n) is 14.8. The lowest BCUT2D eigenvalue weighted by Crippen LogP contribution is -2.19. The molecular formula is C19H17N5O2S. The van der Waals surface area contributed by atoms with E-state index < -0.39 is 0 Å². The van der Waals surface area contributed by atoms with Gasteiger partial charge in [-0.2, -0.15) is 0 Å². The lowest BCUT2D eigenvalue weighted by molar-refractivity contribution is 0.172. The topological polar surface area (TPSA) is 82.4 Å². The molecule has 0 unspecified atom stereocenters. The molecule has 3 aromatic rings. The van der Waals surface area contributed by atoms with E-state index in [9.17, 15) is 0 Å². The van der Waals surface area contributed by atoms with Crippen LogP contribution in [-0.2, 0) is 4.84 Å². The maximum absolute atomic E-state index is 5.60. The molecule has 1 aliphatic rings. The number of rotatable bonds is 5. The highest BCUT2D eigenvalue weighted by atomic mass is 32.1.